The number of aliphatic hydroxyl groups excluding tert-OH is 1. The van der Waals surface area contributed by atoms with E-state index in [1.807, 2.05) is 26.8 Å². The number of nitrogens with one attached hydrogen (secondary N) is 1. The number of nitrogens with zero attached hydrogens (tertiary/aromatic N) is 1. The zero-order chi connectivity index (χ0) is 17.2. The Kier molecular flexibility index (Phi) is 7.86. The number of carbonyl (C=O) groups excluding carboxylic acids is 1. The largest absolute Gasteiger partial charge is 0.494 e. The zero-order valence-electron chi connectivity index (χ0n) is 13.9. The summed E-state index contributed by atoms with van der Waals surface area (Å²) in [5, 5.41) is 21.6. The van der Waals surface area contributed by atoms with Crippen molar-refractivity contribution in [3.63, 3.8) is 0 Å². The highest BCUT2D eigenvalue weighted by atomic mass is 16.5. The van der Waals surface area contributed by atoms with E-state index in [-0.39, 0.29) is 18.0 Å². The van der Waals surface area contributed by atoms with Gasteiger partial charge in [0.05, 0.1) is 12.7 Å². The minimum atomic E-state index is -0.616. The lowest BCUT2D eigenvalue weighted by Gasteiger charge is -2.17. The molecule has 0 saturated heterocycles. The number of hydrogen-bond donors (Lipinski definition) is 2. The number of nitriles is 1. The Balaban J connectivity index is 2.71. The lowest BCUT2D eigenvalue weighted by Crippen LogP contribution is -2.35. The molecule has 1 aromatic rings. The maximum absolute atomic E-state index is 12.0. The molecule has 0 aliphatic heterocycles. The second-order valence-corrected chi connectivity index (χ2v) is 5.33. The summed E-state index contributed by atoms with van der Waals surface area (Å²) in [6, 6.07) is 9.03. The fourth-order valence-corrected chi connectivity index (χ4v) is 1.91. The molecule has 0 fully saturated rings. The van der Waals surface area contributed by atoms with Crippen molar-refractivity contribution in [2.45, 2.75) is 33.3 Å². The molecular formula is C18H24N2O3. The number of rotatable bonds is 8. The van der Waals surface area contributed by atoms with Gasteiger partial charge in [0.15, 0.2) is 0 Å². The Morgan fingerprint density at radius 3 is 2.57 bits per heavy atom. The number of aliphatic hydroxyl groups is 1. The first-order chi connectivity index (χ1) is 11.0. The third kappa shape index (κ3) is 6.13. The quantitative estimate of drug-likeness (QED) is 0.570. The first-order valence-electron chi connectivity index (χ1n) is 7.82. The Morgan fingerprint density at radius 1 is 1.39 bits per heavy atom. The molecule has 0 radical (unpaired) electrons. The second kappa shape index (κ2) is 9.65. The summed E-state index contributed by atoms with van der Waals surface area (Å²) < 4.78 is 5.34. The van der Waals surface area contributed by atoms with Gasteiger partial charge in [0, 0.05) is 6.54 Å². The van der Waals surface area contributed by atoms with Gasteiger partial charge in [0.1, 0.15) is 17.4 Å². The van der Waals surface area contributed by atoms with Gasteiger partial charge in [-0.2, -0.15) is 5.26 Å². The van der Waals surface area contributed by atoms with Crippen LogP contribution in [0.3, 0.4) is 0 Å². The third-order valence-electron chi connectivity index (χ3n) is 3.64. The van der Waals surface area contributed by atoms with Crippen molar-refractivity contribution >= 4 is 12.0 Å². The highest BCUT2D eigenvalue weighted by Crippen LogP contribution is 2.14. The molecule has 5 heteroatoms. The van der Waals surface area contributed by atoms with E-state index in [9.17, 15) is 9.90 Å². The average Bonchev–Trinajstić information content (AvgIpc) is 2.58. The molecule has 2 unspecified atom stereocenters. The van der Waals surface area contributed by atoms with Crippen LogP contribution < -0.4 is 10.1 Å². The highest BCUT2D eigenvalue weighted by molar-refractivity contribution is 6.01. The van der Waals surface area contributed by atoms with Crippen molar-refractivity contribution in [3.8, 4) is 11.8 Å². The smallest absolute Gasteiger partial charge is 0.262 e. The number of amides is 1. The molecule has 0 aliphatic carbocycles. The van der Waals surface area contributed by atoms with Crippen molar-refractivity contribution in [2.24, 2.45) is 5.92 Å². The van der Waals surface area contributed by atoms with Crippen LogP contribution in [0.4, 0.5) is 0 Å². The maximum atomic E-state index is 12.0. The monoisotopic (exact) mass is 316 g/mol. The first-order valence-corrected chi connectivity index (χ1v) is 7.82. The molecule has 23 heavy (non-hydrogen) atoms. The number of hydrogen-bond acceptors (Lipinski definition) is 4. The fourth-order valence-electron chi connectivity index (χ4n) is 1.91. The summed E-state index contributed by atoms with van der Waals surface area (Å²) in [4.78, 5) is 12.0. The Bertz CT molecular complexity index is 573. The summed E-state index contributed by atoms with van der Waals surface area (Å²) in [5.74, 6) is 0.351. The van der Waals surface area contributed by atoms with Crippen LogP contribution in [-0.2, 0) is 4.79 Å². The molecule has 0 saturated carbocycles. The van der Waals surface area contributed by atoms with Gasteiger partial charge in [-0.1, -0.05) is 32.4 Å². The van der Waals surface area contributed by atoms with Crippen LogP contribution in [0.25, 0.3) is 6.08 Å². The van der Waals surface area contributed by atoms with Gasteiger partial charge in [0.25, 0.3) is 5.91 Å². The summed E-state index contributed by atoms with van der Waals surface area (Å²) in [7, 11) is 0. The van der Waals surface area contributed by atoms with Gasteiger partial charge in [-0.15, -0.1) is 0 Å². The molecule has 0 heterocycles. The minimum Gasteiger partial charge on any atom is -0.494 e. The van der Waals surface area contributed by atoms with Crippen molar-refractivity contribution in [3.05, 3.63) is 35.4 Å². The topological polar surface area (TPSA) is 82.3 Å². The van der Waals surface area contributed by atoms with Crippen LogP contribution in [0.2, 0.25) is 0 Å². The van der Waals surface area contributed by atoms with Crippen molar-refractivity contribution in [1.29, 1.82) is 5.26 Å². The molecule has 0 aromatic heterocycles. The third-order valence-corrected chi connectivity index (χ3v) is 3.64. The minimum absolute atomic E-state index is 0.00510. The van der Waals surface area contributed by atoms with Crippen molar-refractivity contribution in [2.75, 3.05) is 13.2 Å². The number of carbonyl (C=O) groups is 1. The van der Waals surface area contributed by atoms with Crippen molar-refractivity contribution < 1.29 is 14.6 Å². The molecule has 1 rings (SSSR count). The van der Waals surface area contributed by atoms with Crippen LogP contribution in [0.1, 0.15) is 32.8 Å². The first kappa shape index (κ1) is 18.7. The van der Waals surface area contributed by atoms with Crippen LogP contribution >= 0.6 is 0 Å². The number of benzene rings is 1. The molecule has 2 N–H and O–H groups in total. The summed E-state index contributed by atoms with van der Waals surface area (Å²) in [6.07, 6.45) is 1.72. The Morgan fingerprint density at radius 2 is 2.04 bits per heavy atom. The molecule has 0 spiro atoms. The molecular weight excluding hydrogens is 292 g/mol. The van der Waals surface area contributed by atoms with Crippen LogP contribution in [0.15, 0.2) is 29.8 Å². The molecule has 124 valence electrons. The molecule has 0 bridgehead atoms. The normalized spacial score (nSPS) is 13.8. The van der Waals surface area contributed by atoms with Crippen LogP contribution in [0, 0.1) is 17.2 Å². The van der Waals surface area contributed by atoms with Gasteiger partial charge in [0.2, 0.25) is 0 Å². The van der Waals surface area contributed by atoms with E-state index in [2.05, 4.69) is 5.32 Å². The fraction of sp³-hybridized carbons (Fsp3) is 0.444. The molecule has 1 amide bonds. The van der Waals surface area contributed by atoms with Gasteiger partial charge < -0.3 is 15.2 Å². The standard InChI is InChI=1S/C18H24N2O3/c1-4-13(3)17(21)12-20-18(22)15(11-19)10-14-6-8-16(9-7-14)23-5-2/h6-10,13,17,21H,4-5,12H2,1-3H3,(H,20,22)/b15-10-. The van der Waals surface area contributed by atoms with Crippen molar-refractivity contribution in [1.82, 2.24) is 5.32 Å². The molecule has 0 aliphatic rings. The van der Waals surface area contributed by atoms with E-state index in [1.165, 1.54) is 6.08 Å². The van der Waals surface area contributed by atoms with Gasteiger partial charge in [-0.05, 0) is 36.6 Å². The van der Waals surface area contributed by atoms with Gasteiger partial charge in [-0.25, -0.2) is 0 Å². The highest BCUT2D eigenvalue weighted by Gasteiger charge is 2.15. The van der Waals surface area contributed by atoms with Crippen LogP contribution in [-0.4, -0.2) is 30.3 Å². The molecule has 2 atom stereocenters. The summed E-state index contributed by atoms with van der Waals surface area (Å²) in [5.41, 5.74) is 0.744. The van der Waals surface area contributed by atoms with E-state index >= 15 is 0 Å². The van der Waals surface area contributed by atoms with E-state index < -0.39 is 12.0 Å². The van der Waals surface area contributed by atoms with E-state index in [4.69, 9.17) is 10.00 Å². The predicted molar refractivity (Wildman–Crippen MR) is 89.7 cm³/mol. The maximum Gasteiger partial charge on any atom is 0.262 e. The van der Waals surface area contributed by atoms with Gasteiger partial charge >= 0.3 is 0 Å². The lowest BCUT2D eigenvalue weighted by atomic mass is 10.0. The molecule has 5 nitrogen and oxygen atoms in total. The SMILES string of the molecule is CCOc1ccc(/C=C(/C#N)C(=O)NCC(O)C(C)CC)cc1. The predicted octanol–water partition coefficient (Wildman–Crippen LogP) is 2.52. The second-order valence-electron chi connectivity index (χ2n) is 5.33. The average molecular weight is 316 g/mol. The lowest BCUT2D eigenvalue weighted by molar-refractivity contribution is -0.117. The molecule has 1 aromatic carbocycles. The zero-order valence-corrected chi connectivity index (χ0v) is 13.9. The Hall–Kier alpha value is -2.32. The van der Waals surface area contributed by atoms with E-state index in [0.29, 0.717) is 6.61 Å². The summed E-state index contributed by atoms with van der Waals surface area (Å²) in [6.45, 7) is 6.51. The summed E-state index contributed by atoms with van der Waals surface area (Å²) >= 11 is 0. The van der Waals surface area contributed by atoms with E-state index in [1.54, 1.807) is 24.3 Å². The Labute approximate surface area is 137 Å². The number of ether oxygens (including phenoxy) is 1. The van der Waals surface area contributed by atoms with E-state index in [0.717, 1.165) is 17.7 Å². The van der Waals surface area contributed by atoms with Gasteiger partial charge in [-0.3, -0.25) is 4.79 Å². The van der Waals surface area contributed by atoms with Crippen LogP contribution in [0.5, 0.6) is 5.75 Å².